The Labute approximate surface area is 127 Å². The normalized spacial score (nSPS) is 12.7. The molecule has 116 valence electrons. The molecule has 0 fully saturated rings. The molecule has 0 amide bonds. The zero-order chi connectivity index (χ0) is 15.9. The fourth-order valence-corrected chi connectivity index (χ4v) is 3.00. The lowest BCUT2D eigenvalue weighted by Crippen LogP contribution is -2.37. The smallest absolute Gasteiger partial charge is 0.211 e. The molecule has 0 unspecified atom stereocenters. The summed E-state index contributed by atoms with van der Waals surface area (Å²) in [5.41, 5.74) is 0.813. The first-order chi connectivity index (χ1) is 9.73. The van der Waals surface area contributed by atoms with E-state index in [1.807, 2.05) is 44.2 Å². The highest BCUT2D eigenvalue weighted by atomic mass is 32.2. The number of rotatable bonds is 8. The predicted molar refractivity (Wildman–Crippen MR) is 85.7 cm³/mol. The molecule has 0 bridgehead atoms. The Morgan fingerprint density at radius 1 is 1.24 bits per heavy atom. The SMILES string of the molecule is CC(=O)/C=C/CCS(=O)(=O)NCC(C)(C)c1ccccc1. The Hall–Kier alpha value is -1.46. The molecule has 0 saturated carbocycles. The molecule has 1 rings (SSSR count). The number of benzene rings is 1. The maximum atomic E-state index is 11.9. The molecule has 1 aromatic carbocycles. The molecule has 0 atom stereocenters. The first kappa shape index (κ1) is 17.6. The number of hydrogen-bond acceptors (Lipinski definition) is 3. The van der Waals surface area contributed by atoms with Crippen LogP contribution >= 0.6 is 0 Å². The molecule has 0 aromatic heterocycles. The van der Waals surface area contributed by atoms with E-state index in [0.29, 0.717) is 13.0 Å². The number of ketones is 1. The minimum Gasteiger partial charge on any atom is -0.295 e. The second-order valence-corrected chi connectivity index (χ2v) is 7.62. The van der Waals surface area contributed by atoms with Gasteiger partial charge >= 0.3 is 0 Å². The molecule has 1 N–H and O–H groups in total. The van der Waals surface area contributed by atoms with Crippen LogP contribution in [-0.2, 0) is 20.2 Å². The van der Waals surface area contributed by atoms with Gasteiger partial charge in [-0.15, -0.1) is 0 Å². The molecule has 0 aliphatic heterocycles. The number of sulfonamides is 1. The maximum Gasteiger partial charge on any atom is 0.211 e. The van der Waals surface area contributed by atoms with Crippen LogP contribution in [0.3, 0.4) is 0 Å². The second-order valence-electron chi connectivity index (χ2n) is 5.69. The lowest BCUT2D eigenvalue weighted by molar-refractivity contribution is -0.112. The highest BCUT2D eigenvalue weighted by Crippen LogP contribution is 2.21. The first-order valence-corrected chi connectivity index (χ1v) is 8.58. The molecule has 0 heterocycles. The number of carbonyl (C=O) groups excluding carboxylic acids is 1. The third-order valence-corrected chi connectivity index (χ3v) is 4.55. The molecule has 4 nitrogen and oxygen atoms in total. The maximum absolute atomic E-state index is 11.9. The van der Waals surface area contributed by atoms with E-state index in [-0.39, 0.29) is 17.0 Å². The van der Waals surface area contributed by atoms with E-state index in [1.165, 1.54) is 13.0 Å². The van der Waals surface area contributed by atoms with E-state index < -0.39 is 10.0 Å². The van der Waals surface area contributed by atoms with Gasteiger partial charge in [0.2, 0.25) is 10.0 Å². The molecule has 21 heavy (non-hydrogen) atoms. The van der Waals surface area contributed by atoms with Gasteiger partial charge in [-0.05, 0) is 25.0 Å². The van der Waals surface area contributed by atoms with Gasteiger partial charge < -0.3 is 0 Å². The Kier molecular flexibility index (Phi) is 6.30. The zero-order valence-corrected chi connectivity index (χ0v) is 13.6. The Morgan fingerprint density at radius 3 is 2.43 bits per heavy atom. The quantitative estimate of drug-likeness (QED) is 0.750. The van der Waals surface area contributed by atoms with Crippen molar-refractivity contribution in [2.24, 2.45) is 0 Å². The third kappa shape index (κ3) is 6.69. The van der Waals surface area contributed by atoms with Crippen LogP contribution in [0.15, 0.2) is 42.5 Å². The summed E-state index contributed by atoms with van der Waals surface area (Å²) in [6, 6.07) is 9.80. The van der Waals surface area contributed by atoms with E-state index in [1.54, 1.807) is 6.08 Å². The summed E-state index contributed by atoms with van der Waals surface area (Å²) in [5.74, 6) is -0.0904. The fourth-order valence-electron chi connectivity index (χ4n) is 1.83. The largest absolute Gasteiger partial charge is 0.295 e. The lowest BCUT2D eigenvalue weighted by atomic mass is 9.85. The van der Waals surface area contributed by atoms with Gasteiger partial charge in [0.05, 0.1) is 5.75 Å². The highest BCUT2D eigenvalue weighted by molar-refractivity contribution is 7.89. The topological polar surface area (TPSA) is 63.2 Å². The van der Waals surface area contributed by atoms with Crippen molar-refractivity contribution in [1.29, 1.82) is 0 Å². The number of nitrogens with one attached hydrogen (secondary N) is 1. The van der Waals surface area contributed by atoms with Crippen molar-refractivity contribution in [3.63, 3.8) is 0 Å². The number of carbonyl (C=O) groups is 1. The minimum absolute atomic E-state index is 0.0123. The summed E-state index contributed by atoms with van der Waals surface area (Å²) < 4.78 is 26.5. The summed E-state index contributed by atoms with van der Waals surface area (Å²) >= 11 is 0. The van der Waals surface area contributed by atoms with Gasteiger partial charge in [-0.25, -0.2) is 13.1 Å². The van der Waals surface area contributed by atoms with Gasteiger partial charge in [0, 0.05) is 12.0 Å². The van der Waals surface area contributed by atoms with Crippen LogP contribution in [0, 0.1) is 0 Å². The van der Waals surface area contributed by atoms with Gasteiger partial charge in [0.15, 0.2) is 5.78 Å². The van der Waals surface area contributed by atoms with Crippen LogP contribution in [0.1, 0.15) is 32.8 Å². The zero-order valence-electron chi connectivity index (χ0n) is 12.8. The van der Waals surface area contributed by atoms with Crippen LogP contribution in [0.5, 0.6) is 0 Å². The molecule has 0 aliphatic carbocycles. The lowest BCUT2D eigenvalue weighted by Gasteiger charge is -2.25. The minimum atomic E-state index is -3.33. The molecule has 0 radical (unpaired) electrons. The average molecular weight is 309 g/mol. The van der Waals surface area contributed by atoms with Crippen molar-refractivity contribution >= 4 is 15.8 Å². The molecule has 0 saturated heterocycles. The van der Waals surface area contributed by atoms with Crippen molar-refractivity contribution in [3.8, 4) is 0 Å². The van der Waals surface area contributed by atoms with Crippen LogP contribution in [0.25, 0.3) is 0 Å². The van der Waals surface area contributed by atoms with E-state index in [2.05, 4.69) is 4.72 Å². The van der Waals surface area contributed by atoms with Crippen LogP contribution in [-0.4, -0.2) is 26.5 Å². The predicted octanol–water partition coefficient (Wildman–Crippen LogP) is 2.42. The first-order valence-electron chi connectivity index (χ1n) is 6.93. The Morgan fingerprint density at radius 2 is 1.86 bits per heavy atom. The van der Waals surface area contributed by atoms with Crippen molar-refractivity contribution in [1.82, 2.24) is 4.72 Å². The van der Waals surface area contributed by atoms with Crippen molar-refractivity contribution in [2.45, 2.75) is 32.6 Å². The summed E-state index contributed by atoms with van der Waals surface area (Å²) in [6.45, 7) is 5.78. The van der Waals surface area contributed by atoms with Crippen LogP contribution < -0.4 is 4.72 Å². The summed E-state index contributed by atoms with van der Waals surface area (Å²) in [6.07, 6.45) is 3.31. The van der Waals surface area contributed by atoms with Crippen molar-refractivity contribution in [2.75, 3.05) is 12.3 Å². The average Bonchev–Trinajstić information content (AvgIpc) is 2.43. The third-order valence-electron chi connectivity index (χ3n) is 3.20. The van der Waals surface area contributed by atoms with E-state index in [0.717, 1.165) is 5.56 Å². The molecule has 0 aliphatic rings. The number of hydrogen-bond donors (Lipinski definition) is 1. The monoisotopic (exact) mass is 309 g/mol. The van der Waals surface area contributed by atoms with Gasteiger partial charge in [0.25, 0.3) is 0 Å². The molecule has 1 aromatic rings. The van der Waals surface area contributed by atoms with Crippen LogP contribution in [0.4, 0.5) is 0 Å². The summed E-state index contributed by atoms with van der Waals surface area (Å²) in [4.78, 5) is 10.7. The molecule has 0 spiro atoms. The molecule has 5 heteroatoms. The number of allylic oxidation sites excluding steroid dienone is 2. The van der Waals surface area contributed by atoms with Gasteiger partial charge in [-0.3, -0.25) is 4.79 Å². The fraction of sp³-hybridized carbons (Fsp3) is 0.438. The highest BCUT2D eigenvalue weighted by Gasteiger charge is 2.22. The van der Waals surface area contributed by atoms with Crippen molar-refractivity contribution in [3.05, 3.63) is 48.0 Å². The van der Waals surface area contributed by atoms with Gasteiger partial charge in [-0.2, -0.15) is 0 Å². The molecular weight excluding hydrogens is 286 g/mol. The van der Waals surface area contributed by atoms with Gasteiger partial charge in [-0.1, -0.05) is 50.3 Å². The second kappa shape index (κ2) is 7.52. The van der Waals surface area contributed by atoms with Crippen LogP contribution in [0.2, 0.25) is 0 Å². The standard InChI is InChI=1S/C16H23NO3S/c1-14(18)9-7-8-12-21(19,20)17-13-16(2,3)15-10-5-4-6-11-15/h4-7,9-11,17H,8,12-13H2,1-3H3/b9-7+. The Bertz CT molecular complexity index is 589. The van der Waals surface area contributed by atoms with E-state index in [9.17, 15) is 13.2 Å². The summed E-state index contributed by atoms with van der Waals surface area (Å²) in [5, 5.41) is 0. The molecular formula is C16H23NO3S. The van der Waals surface area contributed by atoms with Crippen molar-refractivity contribution < 1.29 is 13.2 Å². The van der Waals surface area contributed by atoms with Gasteiger partial charge in [0.1, 0.15) is 0 Å². The Balaban J connectivity index is 2.55. The summed E-state index contributed by atoms with van der Waals surface area (Å²) in [7, 11) is -3.33. The van der Waals surface area contributed by atoms with E-state index in [4.69, 9.17) is 0 Å². The van der Waals surface area contributed by atoms with E-state index >= 15 is 0 Å².